The lowest BCUT2D eigenvalue weighted by Gasteiger charge is -2.21. The van der Waals surface area contributed by atoms with Crippen LogP contribution in [0.15, 0.2) is 12.3 Å². The first kappa shape index (κ1) is 8.83. The minimum absolute atomic E-state index is 0.138. The highest BCUT2D eigenvalue weighted by Gasteiger charge is 2.34. The molecule has 0 N–H and O–H groups in total. The summed E-state index contributed by atoms with van der Waals surface area (Å²) < 4.78 is 0. The number of rotatable bonds is 1. The molecule has 0 saturated heterocycles. The zero-order chi connectivity index (χ0) is 10.4. The Morgan fingerprint density at radius 1 is 1.47 bits per heavy atom. The van der Waals surface area contributed by atoms with Crippen molar-refractivity contribution in [3.63, 3.8) is 0 Å². The van der Waals surface area contributed by atoms with Crippen LogP contribution in [0, 0.1) is 16.0 Å². The normalized spacial score (nSPS) is 27.5. The third-order valence-electron chi connectivity index (χ3n) is 3.66. The van der Waals surface area contributed by atoms with Crippen molar-refractivity contribution in [2.45, 2.75) is 31.6 Å². The number of hydrogen-bond acceptors (Lipinski definition) is 3. The third kappa shape index (κ3) is 1.32. The molecule has 1 saturated carbocycles. The van der Waals surface area contributed by atoms with Gasteiger partial charge < -0.3 is 0 Å². The average molecular weight is 204 g/mol. The molecule has 15 heavy (non-hydrogen) atoms. The largest absolute Gasteiger partial charge is 0.287 e. The molecule has 0 amide bonds. The molecule has 78 valence electrons. The van der Waals surface area contributed by atoms with Gasteiger partial charge in [0.1, 0.15) is 6.20 Å². The van der Waals surface area contributed by atoms with Crippen LogP contribution in [0.2, 0.25) is 0 Å². The van der Waals surface area contributed by atoms with Crippen LogP contribution in [0.1, 0.15) is 36.4 Å². The molecule has 1 aromatic rings. The van der Waals surface area contributed by atoms with Gasteiger partial charge in [-0.3, -0.25) is 15.1 Å². The molecule has 2 atom stereocenters. The second-order valence-electron chi connectivity index (χ2n) is 4.57. The van der Waals surface area contributed by atoms with Gasteiger partial charge in [0.15, 0.2) is 0 Å². The van der Waals surface area contributed by atoms with E-state index >= 15 is 0 Å². The van der Waals surface area contributed by atoms with Crippen molar-refractivity contribution in [2.24, 2.45) is 5.92 Å². The number of pyridine rings is 1. The number of fused-ring (bicyclic) bond motifs is 4. The second kappa shape index (κ2) is 3.02. The van der Waals surface area contributed by atoms with Crippen molar-refractivity contribution in [1.82, 2.24) is 4.98 Å². The summed E-state index contributed by atoms with van der Waals surface area (Å²) in [4.78, 5) is 14.5. The van der Waals surface area contributed by atoms with Crippen LogP contribution in [0.4, 0.5) is 5.69 Å². The van der Waals surface area contributed by atoms with E-state index in [-0.39, 0.29) is 10.6 Å². The van der Waals surface area contributed by atoms with E-state index in [1.54, 1.807) is 6.07 Å². The van der Waals surface area contributed by atoms with Crippen molar-refractivity contribution in [3.8, 4) is 0 Å². The van der Waals surface area contributed by atoms with Gasteiger partial charge in [-0.15, -0.1) is 0 Å². The molecule has 2 aliphatic rings. The maximum atomic E-state index is 10.7. The average Bonchev–Trinajstić information content (AvgIpc) is 2.61. The molecule has 0 radical (unpaired) electrons. The van der Waals surface area contributed by atoms with E-state index < -0.39 is 0 Å². The monoisotopic (exact) mass is 204 g/mol. The van der Waals surface area contributed by atoms with Crippen molar-refractivity contribution in [3.05, 3.63) is 33.6 Å². The summed E-state index contributed by atoms with van der Waals surface area (Å²) in [6.07, 6.45) is 6.05. The van der Waals surface area contributed by atoms with Gasteiger partial charge in [-0.05, 0) is 43.1 Å². The van der Waals surface area contributed by atoms with Gasteiger partial charge in [0.05, 0.1) is 4.92 Å². The van der Waals surface area contributed by atoms with Crippen molar-refractivity contribution in [2.75, 3.05) is 0 Å². The molecule has 0 aromatic carbocycles. The third-order valence-corrected chi connectivity index (χ3v) is 3.66. The molecule has 4 nitrogen and oxygen atoms in total. The predicted octanol–water partition coefficient (Wildman–Crippen LogP) is 2.43. The minimum atomic E-state index is -0.353. The van der Waals surface area contributed by atoms with E-state index in [9.17, 15) is 10.1 Å². The zero-order valence-corrected chi connectivity index (χ0v) is 8.35. The number of nitrogens with zero attached hydrogens (tertiary/aromatic N) is 2. The fourth-order valence-electron chi connectivity index (χ4n) is 2.94. The standard InChI is InChI=1S/C11H12N2O2/c14-13(15)9-5-10-8-2-1-7(3-8)4-11(10)12-6-9/h5-8H,1-4H2. The summed E-state index contributed by atoms with van der Waals surface area (Å²) in [5, 5.41) is 10.7. The fourth-order valence-corrected chi connectivity index (χ4v) is 2.94. The Morgan fingerprint density at radius 3 is 3.13 bits per heavy atom. The Balaban J connectivity index is 2.08. The van der Waals surface area contributed by atoms with Gasteiger partial charge in [-0.25, -0.2) is 0 Å². The second-order valence-corrected chi connectivity index (χ2v) is 4.57. The predicted molar refractivity (Wildman–Crippen MR) is 54.7 cm³/mol. The first-order valence-corrected chi connectivity index (χ1v) is 5.37. The van der Waals surface area contributed by atoms with Crippen LogP contribution in [0.3, 0.4) is 0 Å². The molecule has 1 aromatic heterocycles. The van der Waals surface area contributed by atoms with Gasteiger partial charge >= 0.3 is 0 Å². The number of nitro groups is 1. The lowest BCUT2D eigenvalue weighted by molar-refractivity contribution is -0.385. The lowest BCUT2D eigenvalue weighted by atomic mass is 9.86. The van der Waals surface area contributed by atoms with Crippen LogP contribution in [-0.4, -0.2) is 9.91 Å². The molecule has 2 aliphatic carbocycles. The summed E-state index contributed by atoms with van der Waals surface area (Å²) in [7, 11) is 0. The van der Waals surface area contributed by atoms with Gasteiger partial charge in [0.25, 0.3) is 5.69 Å². The lowest BCUT2D eigenvalue weighted by Crippen LogP contribution is -2.12. The Hall–Kier alpha value is -1.45. The van der Waals surface area contributed by atoms with E-state index in [2.05, 4.69) is 4.98 Å². The summed E-state index contributed by atoms with van der Waals surface area (Å²) in [5.41, 5.74) is 2.37. The van der Waals surface area contributed by atoms with E-state index in [4.69, 9.17) is 0 Å². The summed E-state index contributed by atoms with van der Waals surface area (Å²) in [5.74, 6) is 1.31. The van der Waals surface area contributed by atoms with Gasteiger partial charge in [0, 0.05) is 11.8 Å². The van der Waals surface area contributed by atoms with Crippen LogP contribution >= 0.6 is 0 Å². The first-order valence-electron chi connectivity index (χ1n) is 5.37. The summed E-state index contributed by atoms with van der Waals surface area (Å²) in [6.45, 7) is 0. The Labute approximate surface area is 87.5 Å². The maximum Gasteiger partial charge on any atom is 0.287 e. The van der Waals surface area contributed by atoms with Gasteiger partial charge in [-0.1, -0.05) is 0 Å². The zero-order valence-electron chi connectivity index (χ0n) is 8.35. The molecule has 2 unspecified atom stereocenters. The van der Waals surface area contributed by atoms with Crippen LogP contribution < -0.4 is 0 Å². The molecular formula is C11H12N2O2. The number of hydrogen-bond donors (Lipinski definition) is 0. The molecule has 1 fully saturated rings. The van der Waals surface area contributed by atoms with Gasteiger partial charge in [0.2, 0.25) is 0 Å². The van der Waals surface area contributed by atoms with Crippen molar-refractivity contribution >= 4 is 5.69 Å². The molecule has 2 bridgehead atoms. The van der Waals surface area contributed by atoms with Crippen LogP contribution in [0.5, 0.6) is 0 Å². The summed E-state index contributed by atoms with van der Waals surface area (Å²) in [6, 6.07) is 1.73. The first-order chi connectivity index (χ1) is 7.24. The van der Waals surface area contributed by atoms with E-state index in [0.29, 0.717) is 5.92 Å². The Kier molecular flexibility index (Phi) is 1.78. The molecule has 3 rings (SSSR count). The maximum absolute atomic E-state index is 10.7. The SMILES string of the molecule is O=[N+]([O-])c1cnc2c(c1)C1CCC(C2)C1. The van der Waals surface area contributed by atoms with E-state index in [1.807, 2.05) is 0 Å². The topological polar surface area (TPSA) is 56.0 Å². The van der Waals surface area contributed by atoms with Crippen LogP contribution in [-0.2, 0) is 6.42 Å². The van der Waals surface area contributed by atoms with Crippen molar-refractivity contribution in [1.29, 1.82) is 0 Å². The molecular weight excluding hydrogens is 192 g/mol. The molecule has 0 spiro atoms. The molecule has 1 heterocycles. The fraction of sp³-hybridized carbons (Fsp3) is 0.545. The van der Waals surface area contributed by atoms with Crippen LogP contribution in [0.25, 0.3) is 0 Å². The minimum Gasteiger partial charge on any atom is -0.258 e. The van der Waals surface area contributed by atoms with Crippen molar-refractivity contribution < 1.29 is 4.92 Å². The highest BCUT2D eigenvalue weighted by molar-refractivity contribution is 5.39. The molecule has 4 heteroatoms. The molecule has 0 aliphatic heterocycles. The Morgan fingerprint density at radius 2 is 2.33 bits per heavy atom. The Bertz CT molecular complexity index is 431. The highest BCUT2D eigenvalue weighted by Crippen LogP contribution is 2.45. The quantitative estimate of drug-likeness (QED) is 0.521. The van der Waals surface area contributed by atoms with E-state index in [0.717, 1.165) is 23.6 Å². The smallest absolute Gasteiger partial charge is 0.258 e. The highest BCUT2D eigenvalue weighted by atomic mass is 16.6. The summed E-state index contributed by atoms with van der Waals surface area (Å²) >= 11 is 0. The number of aromatic nitrogens is 1. The van der Waals surface area contributed by atoms with E-state index in [1.165, 1.54) is 25.5 Å². The van der Waals surface area contributed by atoms with Gasteiger partial charge in [-0.2, -0.15) is 0 Å².